The number of amides is 2. The van der Waals surface area contributed by atoms with Crippen LogP contribution in [-0.4, -0.2) is 45.9 Å². The van der Waals surface area contributed by atoms with Gasteiger partial charge in [0.25, 0.3) is 11.8 Å². The second-order valence-corrected chi connectivity index (χ2v) is 12.2. The Morgan fingerprint density at radius 2 is 1.74 bits per heavy atom. The molecule has 1 heterocycles. The van der Waals surface area contributed by atoms with E-state index in [0.29, 0.717) is 28.7 Å². The van der Waals surface area contributed by atoms with E-state index >= 15 is 0 Å². The summed E-state index contributed by atoms with van der Waals surface area (Å²) in [4.78, 5) is 45.2. The molecule has 1 saturated heterocycles. The first-order chi connectivity index (χ1) is 16.6. The first-order valence-electron chi connectivity index (χ1n) is 13.6. The molecule has 0 unspecified atom stereocenters. The Bertz CT molecular complexity index is 919. The van der Waals surface area contributed by atoms with Crippen LogP contribution in [0.5, 0.6) is 0 Å². The van der Waals surface area contributed by atoms with E-state index in [9.17, 15) is 19.5 Å². The Morgan fingerprint density at radius 3 is 2.46 bits per heavy atom. The van der Waals surface area contributed by atoms with E-state index in [4.69, 9.17) is 9.68 Å². The lowest BCUT2D eigenvalue weighted by molar-refractivity contribution is -0.200. The van der Waals surface area contributed by atoms with Gasteiger partial charge in [-0.25, -0.2) is 4.79 Å². The smallest absolute Gasteiger partial charge is 0.373 e. The fourth-order valence-corrected chi connectivity index (χ4v) is 8.80. The highest BCUT2D eigenvalue weighted by atomic mass is 16.7. The third-order valence-electron chi connectivity index (χ3n) is 11.0. The van der Waals surface area contributed by atoms with Crippen molar-refractivity contribution in [1.29, 1.82) is 0 Å². The zero-order chi connectivity index (χ0) is 25.0. The zero-order valence-electron chi connectivity index (χ0n) is 21.4. The molecule has 0 aromatic heterocycles. The van der Waals surface area contributed by atoms with Gasteiger partial charge in [0.1, 0.15) is 0 Å². The number of aliphatic hydroxyl groups is 1. The zero-order valence-corrected chi connectivity index (χ0v) is 21.4. The van der Waals surface area contributed by atoms with Crippen LogP contribution >= 0.6 is 0 Å². The quantitative estimate of drug-likeness (QED) is 0.460. The Balaban J connectivity index is 1.18. The molecule has 8 heteroatoms. The largest absolute Gasteiger partial charge is 0.389 e. The number of carbonyl (C=O) groups excluding carboxylic acids is 3. The minimum Gasteiger partial charge on any atom is -0.389 e. The number of imide groups is 1. The van der Waals surface area contributed by atoms with Gasteiger partial charge in [-0.05, 0) is 98.7 Å². The minimum atomic E-state index is -0.798. The van der Waals surface area contributed by atoms with Crippen molar-refractivity contribution in [3.8, 4) is 0 Å². The first kappa shape index (κ1) is 24.7. The van der Waals surface area contributed by atoms with Crippen molar-refractivity contribution in [2.75, 3.05) is 6.61 Å². The number of carbonyl (C=O) groups is 3. The summed E-state index contributed by atoms with van der Waals surface area (Å²) in [5, 5.41) is 16.2. The second-order valence-electron chi connectivity index (χ2n) is 12.2. The molecule has 4 aliphatic carbocycles. The standard InChI is InChI=1S/C27H40N2O6/c1-4-27(33)14-11-21-19-6-5-17-15-18(9-12-25(17,2)20(19)10-13-26(21,27)3)28-34-16-24(32)35-29-22(30)7-8-23(29)31/h17,19-21,33H,4-16H2,1-3H3/b28-18+/t17-,19+,20-,21-,25-,26-,27-/m0/s1. The summed E-state index contributed by atoms with van der Waals surface area (Å²) in [6, 6.07) is 0. The lowest BCUT2D eigenvalue weighted by Crippen LogP contribution is -2.56. The predicted octanol–water partition coefficient (Wildman–Crippen LogP) is 4.15. The van der Waals surface area contributed by atoms with Gasteiger partial charge in [0.2, 0.25) is 6.61 Å². The molecule has 1 N–H and O–H groups in total. The Labute approximate surface area is 207 Å². The Kier molecular flexibility index (Phi) is 6.26. The van der Waals surface area contributed by atoms with Crippen molar-refractivity contribution in [2.24, 2.45) is 39.7 Å². The summed E-state index contributed by atoms with van der Waals surface area (Å²) in [7, 11) is 0. The minimum absolute atomic E-state index is 0.0557. The van der Waals surface area contributed by atoms with Gasteiger partial charge in [0.05, 0.1) is 11.3 Å². The van der Waals surface area contributed by atoms with Gasteiger partial charge in [-0.2, -0.15) is 0 Å². The highest BCUT2D eigenvalue weighted by molar-refractivity contribution is 6.01. The Morgan fingerprint density at radius 1 is 1.03 bits per heavy atom. The molecular weight excluding hydrogens is 448 g/mol. The van der Waals surface area contributed by atoms with Gasteiger partial charge >= 0.3 is 5.97 Å². The van der Waals surface area contributed by atoms with Crippen LogP contribution in [0.1, 0.15) is 97.8 Å². The molecule has 5 rings (SSSR count). The number of nitrogens with zero attached hydrogens (tertiary/aromatic N) is 2. The van der Waals surface area contributed by atoms with Crippen LogP contribution < -0.4 is 0 Å². The molecule has 0 aromatic rings. The maximum absolute atomic E-state index is 12.0. The number of fused-ring (bicyclic) bond motifs is 5. The van der Waals surface area contributed by atoms with E-state index in [1.807, 2.05) is 0 Å². The van der Waals surface area contributed by atoms with Gasteiger partial charge in [0, 0.05) is 12.8 Å². The van der Waals surface area contributed by atoms with E-state index in [-0.39, 0.29) is 23.7 Å². The van der Waals surface area contributed by atoms with Crippen molar-refractivity contribution < 1.29 is 29.2 Å². The van der Waals surface area contributed by atoms with Crippen molar-refractivity contribution >= 4 is 23.5 Å². The molecule has 2 amide bonds. The number of hydroxylamine groups is 2. The molecule has 8 nitrogen and oxygen atoms in total. The highest BCUT2D eigenvalue weighted by Crippen LogP contribution is 2.68. The lowest BCUT2D eigenvalue weighted by Gasteiger charge is -2.61. The van der Waals surface area contributed by atoms with Crippen LogP contribution in [0.25, 0.3) is 0 Å². The predicted molar refractivity (Wildman–Crippen MR) is 128 cm³/mol. The highest BCUT2D eigenvalue weighted by Gasteiger charge is 2.63. The Hall–Kier alpha value is -1.96. The van der Waals surface area contributed by atoms with Crippen molar-refractivity contribution in [2.45, 2.75) is 103 Å². The van der Waals surface area contributed by atoms with Gasteiger partial charge in [0.15, 0.2) is 0 Å². The van der Waals surface area contributed by atoms with E-state index in [2.05, 4.69) is 25.9 Å². The van der Waals surface area contributed by atoms with Crippen molar-refractivity contribution in [1.82, 2.24) is 5.06 Å². The lowest BCUT2D eigenvalue weighted by atomic mass is 9.44. The average Bonchev–Trinajstić information content (AvgIpc) is 3.29. The molecule has 1 aliphatic heterocycles. The fraction of sp³-hybridized carbons (Fsp3) is 0.852. The summed E-state index contributed by atoms with van der Waals surface area (Å²) >= 11 is 0. The normalized spacial score (nSPS) is 44.1. The number of rotatable bonds is 5. The van der Waals surface area contributed by atoms with Crippen LogP contribution in [0, 0.1) is 34.5 Å². The maximum Gasteiger partial charge on any atom is 0.373 e. The van der Waals surface area contributed by atoms with Crippen LogP contribution in [0.15, 0.2) is 5.16 Å². The van der Waals surface area contributed by atoms with Crippen molar-refractivity contribution in [3.05, 3.63) is 0 Å². The molecule has 4 saturated carbocycles. The van der Waals surface area contributed by atoms with E-state index in [1.54, 1.807) is 0 Å². The van der Waals surface area contributed by atoms with Gasteiger partial charge < -0.3 is 14.8 Å². The molecule has 0 bridgehead atoms. The summed E-state index contributed by atoms with van der Waals surface area (Å²) in [6.07, 6.45) is 10.6. The van der Waals surface area contributed by atoms with Gasteiger partial charge in [-0.3, -0.25) is 9.59 Å². The monoisotopic (exact) mass is 488 g/mol. The number of hydrogen-bond donors (Lipinski definition) is 1. The van der Waals surface area contributed by atoms with Gasteiger partial charge in [-0.15, -0.1) is 5.06 Å². The second kappa shape index (κ2) is 8.86. The van der Waals surface area contributed by atoms with E-state index in [1.165, 1.54) is 19.3 Å². The van der Waals surface area contributed by atoms with Crippen LogP contribution in [0.2, 0.25) is 0 Å². The first-order valence-corrected chi connectivity index (χ1v) is 13.6. The van der Waals surface area contributed by atoms with Crippen LogP contribution in [-0.2, 0) is 24.1 Å². The fourth-order valence-electron chi connectivity index (χ4n) is 8.80. The molecule has 5 fully saturated rings. The van der Waals surface area contributed by atoms with E-state index in [0.717, 1.165) is 50.7 Å². The van der Waals surface area contributed by atoms with Crippen LogP contribution in [0.4, 0.5) is 0 Å². The number of oxime groups is 1. The third kappa shape index (κ3) is 3.91. The van der Waals surface area contributed by atoms with Gasteiger partial charge in [-0.1, -0.05) is 25.9 Å². The maximum atomic E-state index is 12.0. The third-order valence-corrected chi connectivity index (χ3v) is 11.0. The molecular formula is C27H40N2O6. The molecule has 35 heavy (non-hydrogen) atoms. The topological polar surface area (TPSA) is 106 Å². The molecule has 0 spiro atoms. The SMILES string of the molecule is CC[C@]1(O)CC[C@H]2[C@@H]3CC[C@H]4C/C(=N/OCC(=O)ON5C(=O)CCC5=O)CC[C@]4(C)[C@H]3CC[C@@]21C. The molecule has 0 radical (unpaired) electrons. The van der Waals surface area contributed by atoms with E-state index < -0.39 is 30.0 Å². The molecule has 5 aliphatic rings. The number of hydrogen-bond acceptors (Lipinski definition) is 7. The summed E-state index contributed by atoms with van der Waals surface area (Å²) in [6.45, 7) is 6.57. The summed E-state index contributed by atoms with van der Waals surface area (Å²) in [5.41, 5.74) is 0.820. The summed E-state index contributed by atoms with van der Waals surface area (Å²) in [5.74, 6) is 0.787. The molecule has 7 atom stereocenters. The summed E-state index contributed by atoms with van der Waals surface area (Å²) < 4.78 is 0. The molecule has 194 valence electrons. The van der Waals surface area contributed by atoms with Crippen LogP contribution in [0.3, 0.4) is 0 Å². The average molecular weight is 489 g/mol. The molecule has 0 aromatic carbocycles. The van der Waals surface area contributed by atoms with Crippen molar-refractivity contribution in [3.63, 3.8) is 0 Å².